The van der Waals surface area contributed by atoms with Crippen LogP contribution in [0.15, 0.2) is 22.7 Å². The second-order valence-corrected chi connectivity index (χ2v) is 13.2. The molecule has 0 aliphatic carbocycles. The highest BCUT2D eigenvalue weighted by Gasteiger charge is 2.40. The van der Waals surface area contributed by atoms with Gasteiger partial charge in [-0.1, -0.05) is 34.0 Å². The van der Waals surface area contributed by atoms with Crippen molar-refractivity contribution in [2.75, 3.05) is 0 Å². The molecule has 0 bridgehead atoms. The number of hydrogen-bond donors (Lipinski definition) is 2. The molecule has 20 heteroatoms. The topological polar surface area (TPSA) is 161 Å². The molecule has 0 radical (unpaired) electrons. The number of aliphatic carboxylic acids is 1. The third kappa shape index (κ3) is 6.95. The molecule has 36 heavy (non-hydrogen) atoms. The predicted molar refractivity (Wildman–Crippen MR) is 124 cm³/mol. The maximum atomic E-state index is 13.5. The number of nitrogens with zero attached hydrogens (tertiary/aromatic N) is 6. The highest BCUT2D eigenvalue weighted by Crippen LogP contribution is 2.40. The van der Waals surface area contributed by atoms with E-state index in [1.54, 1.807) is 5.38 Å². The van der Waals surface area contributed by atoms with Crippen LogP contribution >= 0.6 is 68.9 Å². The van der Waals surface area contributed by atoms with Gasteiger partial charge in [-0.05, 0) is 23.5 Å². The van der Waals surface area contributed by atoms with Crippen LogP contribution in [0.4, 0.5) is 13.2 Å². The van der Waals surface area contributed by atoms with Crippen LogP contribution in [0.3, 0.4) is 0 Å². The molecule has 0 atom stereocenters. The molecule has 0 spiro atoms. The summed E-state index contributed by atoms with van der Waals surface area (Å²) in [5.74, 6) is -2.23. The number of carbonyl (C=O) groups excluding carboxylic acids is 1. The van der Waals surface area contributed by atoms with Crippen LogP contribution in [0.2, 0.25) is 0 Å². The van der Waals surface area contributed by atoms with E-state index in [1.807, 2.05) is 0 Å². The number of rotatable bonds is 10. The summed E-state index contributed by atoms with van der Waals surface area (Å²) in [5.41, 5.74) is -0.975. The highest BCUT2D eigenvalue weighted by atomic mass is 32.2. The van der Waals surface area contributed by atoms with E-state index >= 15 is 0 Å². The molecule has 0 aliphatic heterocycles. The Kier molecular flexibility index (Phi) is 8.52. The fourth-order valence-electron chi connectivity index (χ4n) is 2.27. The molecule has 0 aromatic carbocycles. The van der Waals surface area contributed by atoms with Gasteiger partial charge in [-0.3, -0.25) is 4.79 Å². The number of ether oxygens (including phenoxy) is 1. The number of aliphatic hydroxyl groups excluding tert-OH is 1. The monoisotopic (exact) mass is 614 g/mol. The standard InChI is InChI=1S/C16H9F3N6O5S6/c17-16(18,19)10-9(34-13(21-10)36-14-24-22-6(2-26)32-14)11(29)30-3-7-23-25-15(33-7)35-12-20-5(4-31-12)1-8(27)28/h4,26H,1-3H2,(H,27,28). The Morgan fingerprint density at radius 2 is 1.61 bits per heavy atom. The minimum Gasteiger partial charge on any atom is -0.481 e. The molecule has 0 saturated carbocycles. The molecule has 0 unspecified atom stereocenters. The number of carbonyl (C=O) groups is 2. The van der Waals surface area contributed by atoms with Gasteiger partial charge in [0.1, 0.15) is 16.5 Å². The highest BCUT2D eigenvalue weighted by molar-refractivity contribution is 8.03. The summed E-state index contributed by atoms with van der Waals surface area (Å²) in [5, 5.41) is 35.2. The van der Waals surface area contributed by atoms with Crippen molar-refractivity contribution >= 4 is 80.8 Å². The molecule has 4 aromatic heterocycles. The Morgan fingerprint density at radius 3 is 2.25 bits per heavy atom. The van der Waals surface area contributed by atoms with Gasteiger partial charge in [0.25, 0.3) is 0 Å². The number of hydrogen-bond acceptors (Lipinski definition) is 16. The first-order valence-electron chi connectivity index (χ1n) is 9.13. The molecular formula is C16H9F3N6O5S6. The molecule has 4 aromatic rings. The van der Waals surface area contributed by atoms with Crippen LogP contribution in [0.1, 0.15) is 31.1 Å². The minimum atomic E-state index is -4.89. The van der Waals surface area contributed by atoms with Crippen LogP contribution in [-0.4, -0.2) is 52.5 Å². The fourth-order valence-corrected chi connectivity index (χ4v) is 8.13. The van der Waals surface area contributed by atoms with E-state index in [1.165, 1.54) is 11.3 Å². The maximum Gasteiger partial charge on any atom is 0.435 e. The first-order chi connectivity index (χ1) is 17.1. The summed E-state index contributed by atoms with van der Waals surface area (Å²) in [6, 6.07) is 0. The van der Waals surface area contributed by atoms with Crippen LogP contribution in [-0.2, 0) is 35.3 Å². The lowest BCUT2D eigenvalue weighted by atomic mass is 10.3. The Hall–Kier alpha value is -2.23. The molecular weight excluding hydrogens is 606 g/mol. The maximum absolute atomic E-state index is 13.5. The molecule has 190 valence electrons. The van der Waals surface area contributed by atoms with E-state index in [4.69, 9.17) is 14.9 Å². The minimum absolute atomic E-state index is 0.0877. The van der Waals surface area contributed by atoms with Crippen molar-refractivity contribution in [2.24, 2.45) is 0 Å². The van der Waals surface area contributed by atoms with Crippen molar-refractivity contribution in [3.8, 4) is 0 Å². The SMILES string of the molecule is O=C(O)Cc1csc(Sc2nnc(COC(=O)c3sc(Sc4nnc(CO)s4)nc3C(F)(F)F)s2)n1. The molecule has 2 N–H and O–H groups in total. The number of esters is 1. The van der Waals surface area contributed by atoms with Gasteiger partial charge in [-0.2, -0.15) is 13.2 Å². The van der Waals surface area contributed by atoms with Crippen LogP contribution in [0, 0.1) is 0 Å². The fraction of sp³-hybridized carbons (Fsp3) is 0.250. The first-order valence-corrected chi connectivity index (χ1v) is 14.1. The van der Waals surface area contributed by atoms with E-state index in [2.05, 4.69) is 30.4 Å². The average molecular weight is 615 g/mol. The summed E-state index contributed by atoms with van der Waals surface area (Å²) in [4.78, 5) is 30.2. The number of thiazole rings is 2. The first kappa shape index (κ1) is 26.8. The molecule has 0 saturated heterocycles. The van der Waals surface area contributed by atoms with Crippen LogP contribution in [0.25, 0.3) is 0 Å². The molecule has 4 heterocycles. The number of carboxylic acids is 1. The van der Waals surface area contributed by atoms with Crippen LogP contribution in [0.5, 0.6) is 0 Å². The normalized spacial score (nSPS) is 11.7. The van der Waals surface area contributed by atoms with Crippen molar-refractivity contribution in [1.82, 2.24) is 30.4 Å². The van der Waals surface area contributed by atoms with Gasteiger partial charge in [0.15, 0.2) is 28.1 Å². The molecule has 0 amide bonds. The van der Waals surface area contributed by atoms with Gasteiger partial charge in [0.05, 0.1) is 18.7 Å². The quantitative estimate of drug-likeness (QED) is 0.246. The number of halogens is 3. The Labute approximate surface area is 222 Å². The third-order valence-corrected chi connectivity index (χ3v) is 9.62. The second-order valence-electron chi connectivity index (χ2n) is 6.19. The van der Waals surface area contributed by atoms with E-state index in [-0.39, 0.29) is 31.7 Å². The molecule has 0 fully saturated rings. The van der Waals surface area contributed by atoms with Crippen molar-refractivity contribution in [3.63, 3.8) is 0 Å². The van der Waals surface area contributed by atoms with Crippen molar-refractivity contribution in [3.05, 3.63) is 31.7 Å². The number of aromatic nitrogens is 6. The van der Waals surface area contributed by atoms with Crippen molar-refractivity contribution < 1.29 is 37.7 Å². The van der Waals surface area contributed by atoms with Gasteiger partial charge >= 0.3 is 18.1 Å². The van der Waals surface area contributed by atoms with Gasteiger partial charge in [-0.15, -0.1) is 31.7 Å². The van der Waals surface area contributed by atoms with E-state index in [9.17, 15) is 22.8 Å². The molecule has 0 aliphatic rings. The Bertz CT molecular complexity index is 1380. The number of alkyl halides is 3. The lowest BCUT2D eigenvalue weighted by Crippen LogP contribution is -2.13. The van der Waals surface area contributed by atoms with Gasteiger partial charge in [0, 0.05) is 5.38 Å². The van der Waals surface area contributed by atoms with Gasteiger partial charge in [0.2, 0.25) is 0 Å². The van der Waals surface area contributed by atoms with Gasteiger partial charge in [-0.25, -0.2) is 14.8 Å². The van der Waals surface area contributed by atoms with Crippen molar-refractivity contribution in [2.45, 2.75) is 43.2 Å². The molecule has 11 nitrogen and oxygen atoms in total. The Morgan fingerprint density at radius 1 is 0.944 bits per heavy atom. The zero-order valence-corrected chi connectivity index (χ0v) is 22.0. The summed E-state index contributed by atoms with van der Waals surface area (Å²) in [6.07, 6.45) is -5.10. The van der Waals surface area contributed by atoms with Crippen LogP contribution < -0.4 is 0 Å². The average Bonchev–Trinajstić information content (AvgIpc) is 3.59. The smallest absolute Gasteiger partial charge is 0.435 e. The second kappa shape index (κ2) is 11.4. The number of aliphatic hydroxyl groups is 1. The number of carboxylic acid groups (broad SMARTS) is 1. The Balaban J connectivity index is 1.40. The van der Waals surface area contributed by atoms with E-state index in [0.29, 0.717) is 25.7 Å². The van der Waals surface area contributed by atoms with E-state index < -0.39 is 35.3 Å². The summed E-state index contributed by atoms with van der Waals surface area (Å²) in [7, 11) is 0. The summed E-state index contributed by atoms with van der Waals surface area (Å²) >= 11 is 5.69. The zero-order valence-electron chi connectivity index (χ0n) is 17.1. The zero-order chi connectivity index (χ0) is 25.9. The summed E-state index contributed by atoms with van der Waals surface area (Å²) < 4.78 is 46.6. The van der Waals surface area contributed by atoms with E-state index in [0.717, 1.165) is 46.2 Å². The van der Waals surface area contributed by atoms with Crippen molar-refractivity contribution in [1.29, 1.82) is 0 Å². The molecule has 4 rings (SSSR count). The lowest BCUT2D eigenvalue weighted by Gasteiger charge is -2.05. The summed E-state index contributed by atoms with van der Waals surface area (Å²) in [6.45, 7) is -0.768. The lowest BCUT2D eigenvalue weighted by molar-refractivity contribution is -0.141. The van der Waals surface area contributed by atoms with Gasteiger partial charge < -0.3 is 14.9 Å². The predicted octanol–water partition coefficient (Wildman–Crippen LogP) is 4.10. The largest absolute Gasteiger partial charge is 0.481 e. The third-order valence-electron chi connectivity index (χ3n) is 3.63.